The van der Waals surface area contributed by atoms with E-state index in [-0.39, 0.29) is 0 Å². The summed E-state index contributed by atoms with van der Waals surface area (Å²) in [6.45, 7) is 22.2. The molecule has 39 heavy (non-hydrogen) atoms. The molecule has 0 aliphatic heterocycles. The zero-order valence-corrected chi connectivity index (χ0v) is 26.8. The van der Waals surface area contributed by atoms with Gasteiger partial charge in [0.05, 0.1) is 0 Å². The van der Waals surface area contributed by atoms with E-state index in [1.54, 1.807) is 0 Å². The number of unbranched alkanes of at least 4 members (excludes halogenated alkanes) is 9. The monoisotopic (exact) mass is 533 g/mol. The molecule has 1 N–H and O–H groups in total. The van der Waals surface area contributed by atoms with Crippen LogP contribution < -0.4 is 5.32 Å². The molecule has 0 fully saturated rings. The molecule has 1 nitrogen and oxygen atoms in total. The SMILES string of the molecule is C=C(C)c1ccccc1.C=C(NCCCC)c1cccc(C)c1.CCCCCCCCCCC(C)CCCC. The molecule has 0 aliphatic rings. The Bertz CT molecular complexity index is 835. The Labute approximate surface area is 244 Å². The van der Waals surface area contributed by atoms with E-state index in [4.69, 9.17) is 0 Å². The first-order chi connectivity index (χ1) is 18.8. The minimum Gasteiger partial charge on any atom is -0.385 e. The van der Waals surface area contributed by atoms with E-state index in [0.717, 1.165) is 23.7 Å². The maximum atomic E-state index is 4.03. The predicted octanol–water partition coefficient (Wildman–Crippen LogP) is 12.4. The van der Waals surface area contributed by atoms with Crippen LogP contribution in [0, 0.1) is 12.8 Å². The zero-order chi connectivity index (χ0) is 29.1. The second-order valence-electron chi connectivity index (χ2n) is 11.3. The molecule has 0 amide bonds. The smallest absolute Gasteiger partial charge is 0.0340 e. The molecule has 2 rings (SSSR count). The molecule has 1 unspecified atom stereocenters. The first kappa shape index (κ1) is 36.7. The van der Waals surface area contributed by atoms with Gasteiger partial charge in [0.1, 0.15) is 0 Å². The van der Waals surface area contributed by atoms with Gasteiger partial charge in [-0.25, -0.2) is 0 Å². The normalized spacial score (nSPS) is 10.9. The maximum Gasteiger partial charge on any atom is 0.0340 e. The molecule has 0 spiro atoms. The lowest BCUT2D eigenvalue weighted by Gasteiger charge is -2.09. The summed E-state index contributed by atoms with van der Waals surface area (Å²) in [4.78, 5) is 0. The molecule has 2 aromatic carbocycles. The maximum absolute atomic E-state index is 4.03. The fourth-order valence-corrected chi connectivity index (χ4v) is 4.40. The van der Waals surface area contributed by atoms with Crippen molar-refractivity contribution in [3.63, 3.8) is 0 Å². The van der Waals surface area contributed by atoms with Crippen LogP contribution in [0.4, 0.5) is 0 Å². The van der Waals surface area contributed by atoms with Crippen LogP contribution in [0.2, 0.25) is 0 Å². The van der Waals surface area contributed by atoms with Gasteiger partial charge in [0.25, 0.3) is 0 Å². The Kier molecular flexibility index (Phi) is 24.5. The number of rotatable bonds is 18. The second-order valence-corrected chi connectivity index (χ2v) is 11.3. The minimum atomic E-state index is 0.972. The number of benzene rings is 2. The Hall–Kier alpha value is -2.28. The summed E-state index contributed by atoms with van der Waals surface area (Å²) in [6, 6.07) is 18.6. The summed E-state index contributed by atoms with van der Waals surface area (Å²) in [6.07, 6.45) is 19.8. The Morgan fingerprint density at radius 2 is 1.21 bits per heavy atom. The molecule has 1 atom stereocenters. The number of hydrogen-bond acceptors (Lipinski definition) is 1. The molecule has 0 aliphatic carbocycles. The number of hydrogen-bond donors (Lipinski definition) is 1. The van der Waals surface area contributed by atoms with Gasteiger partial charge in [0, 0.05) is 12.2 Å². The summed E-state index contributed by atoms with van der Waals surface area (Å²) in [5.41, 5.74) is 5.84. The quantitative estimate of drug-likeness (QED) is 0.188. The minimum absolute atomic E-state index is 0.972. The van der Waals surface area contributed by atoms with E-state index < -0.39 is 0 Å². The molecule has 0 bridgehead atoms. The van der Waals surface area contributed by atoms with Gasteiger partial charge in [-0.05, 0) is 43.4 Å². The summed E-state index contributed by atoms with van der Waals surface area (Å²) in [5.74, 6) is 0.972. The molecule has 0 saturated carbocycles. The van der Waals surface area contributed by atoms with Crippen LogP contribution in [0.25, 0.3) is 11.3 Å². The summed E-state index contributed by atoms with van der Waals surface area (Å²) >= 11 is 0. The van der Waals surface area contributed by atoms with E-state index in [1.807, 2.05) is 25.1 Å². The van der Waals surface area contributed by atoms with Crippen molar-refractivity contribution in [2.75, 3.05) is 6.54 Å². The van der Waals surface area contributed by atoms with Gasteiger partial charge in [-0.15, -0.1) is 0 Å². The molecule has 0 heterocycles. The molecular formula is C38H63N. The van der Waals surface area contributed by atoms with Gasteiger partial charge in [0.2, 0.25) is 0 Å². The van der Waals surface area contributed by atoms with E-state index in [2.05, 4.69) is 89.5 Å². The Balaban J connectivity index is 0.000000575. The van der Waals surface area contributed by atoms with Crippen molar-refractivity contribution in [3.05, 3.63) is 84.4 Å². The van der Waals surface area contributed by atoms with Crippen LogP contribution in [0.1, 0.15) is 141 Å². The van der Waals surface area contributed by atoms with Gasteiger partial charge < -0.3 is 5.32 Å². The van der Waals surface area contributed by atoms with Crippen molar-refractivity contribution in [2.24, 2.45) is 5.92 Å². The fourth-order valence-electron chi connectivity index (χ4n) is 4.40. The van der Waals surface area contributed by atoms with Crippen LogP contribution in [0.5, 0.6) is 0 Å². The third-order valence-electron chi connectivity index (χ3n) is 7.10. The van der Waals surface area contributed by atoms with Crippen molar-refractivity contribution in [3.8, 4) is 0 Å². The highest BCUT2D eigenvalue weighted by molar-refractivity contribution is 5.62. The first-order valence-electron chi connectivity index (χ1n) is 16.1. The largest absolute Gasteiger partial charge is 0.385 e. The molecule has 2 aromatic rings. The number of allylic oxidation sites excluding steroid dienone is 1. The highest BCUT2D eigenvalue weighted by Crippen LogP contribution is 2.17. The van der Waals surface area contributed by atoms with E-state index in [9.17, 15) is 0 Å². The molecule has 0 aromatic heterocycles. The average Bonchev–Trinajstić information content (AvgIpc) is 2.94. The molecule has 0 radical (unpaired) electrons. The molecule has 220 valence electrons. The number of nitrogens with one attached hydrogen (secondary N) is 1. The van der Waals surface area contributed by atoms with Crippen LogP contribution in [-0.2, 0) is 0 Å². The Morgan fingerprint density at radius 1 is 0.667 bits per heavy atom. The summed E-state index contributed by atoms with van der Waals surface area (Å²) < 4.78 is 0. The lowest BCUT2D eigenvalue weighted by molar-refractivity contribution is 0.441. The fraction of sp³-hybridized carbons (Fsp3) is 0.579. The van der Waals surface area contributed by atoms with E-state index >= 15 is 0 Å². The summed E-state index contributed by atoms with van der Waals surface area (Å²) in [5, 5.41) is 3.33. The van der Waals surface area contributed by atoms with Crippen molar-refractivity contribution in [1.82, 2.24) is 5.32 Å². The molecule has 0 saturated heterocycles. The predicted molar refractivity (Wildman–Crippen MR) is 180 cm³/mol. The van der Waals surface area contributed by atoms with Crippen molar-refractivity contribution in [1.29, 1.82) is 0 Å². The van der Waals surface area contributed by atoms with Crippen molar-refractivity contribution >= 4 is 11.3 Å². The van der Waals surface area contributed by atoms with Crippen LogP contribution in [-0.4, -0.2) is 6.54 Å². The van der Waals surface area contributed by atoms with E-state index in [0.29, 0.717) is 0 Å². The third-order valence-corrected chi connectivity index (χ3v) is 7.10. The van der Waals surface area contributed by atoms with E-state index in [1.165, 1.54) is 107 Å². The highest BCUT2D eigenvalue weighted by Gasteiger charge is 2.01. The third kappa shape index (κ3) is 22.3. The van der Waals surface area contributed by atoms with Crippen LogP contribution >= 0.6 is 0 Å². The topological polar surface area (TPSA) is 12.0 Å². The second kappa shape index (κ2) is 26.0. The van der Waals surface area contributed by atoms with Gasteiger partial charge >= 0.3 is 0 Å². The zero-order valence-electron chi connectivity index (χ0n) is 26.8. The summed E-state index contributed by atoms with van der Waals surface area (Å²) in [7, 11) is 0. The molecule has 1 heteroatoms. The molecular weight excluding hydrogens is 470 g/mol. The standard InChI is InChI=1S/C16H34.C13H19N.C9H10/c1-4-6-8-9-10-11-12-13-15-16(3)14-7-5-2;1-4-5-9-14-12(3)13-8-6-7-11(2)10-13;1-8(2)9-6-4-3-5-7-9/h16H,4-15H2,1-3H3;6-8,10,14H,3-5,9H2,1-2H3;3-7H,1H2,2H3. The highest BCUT2D eigenvalue weighted by atomic mass is 14.9. The van der Waals surface area contributed by atoms with Gasteiger partial charge in [0.15, 0.2) is 0 Å². The van der Waals surface area contributed by atoms with Crippen LogP contribution in [0.3, 0.4) is 0 Å². The average molecular weight is 534 g/mol. The van der Waals surface area contributed by atoms with Crippen molar-refractivity contribution < 1.29 is 0 Å². The Morgan fingerprint density at radius 3 is 1.74 bits per heavy atom. The van der Waals surface area contributed by atoms with Gasteiger partial charge in [-0.3, -0.25) is 0 Å². The van der Waals surface area contributed by atoms with Crippen molar-refractivity contribution in [2.45, 2.75) is 131 Å². The lowest BCUT2D eigenvalue weighted by atomic mass is 9.97. The number of aryl methyl sites for hydroxylation is 1. The van der Waals surface area contributed by atoms with Crippen LogP contribution in [0.15, 0.2) is 67.8 Å². The lowest BCUT2D eigenvalue weighted by Crippen LogP contribution is -2.12. The first-order valence-corrected chi connectivity index (χ1v) is 16.1. The van der Waals surface area contributed by atoms with Gasteiger partial charge in [-0.1, -0.05) is 184 Å². The van der Waals surface area contributed by atoms with Gasteiger partial charge in [-0.2, -0.15) is 0 Å².